The van der Waals surface area contributed by atoms with Crippen molar-refractivity contribution in [2.75, 3.05) is 7.05 Å². The smallest absolute Gasteiger partial charge is 0.206 e. The maximum atomic E-state index is 12.9. The number of benzene rings is 2. The SMILES string of the molecule is Cc1cc(C)c(S(=O)(=O)N(C)S(=O)(=O)c2ccccc2)c(C)c1. The van der Waals surface area contributed by atoms with Gasteiger partial charge >= 0.3 is 0 Å². The molecule has 0 bridgehead atoms. The Labute approximate surface area is 137 Å². The molecule has 7 heteroatoms. The van der Waals surface area contributed by atoms with Crippen LogP contribution >= 0.6 is 0 Å². The van der Waals surface area contributed by atoms with Gasteiger partial charge in [0, 0.05) is 7.05 Å². The van der Waals surface area contributed by atoms with Gasteiger partial charge in [-0.05, 0) is 44.0 Å². The molecule has 2 aromatic rings. The van der Waals surface area contributed by atoms with Crippen molar-refractivity contribution in [1.29, 1.82) is 0 Å². The molecule has 0 aliphatic heterocycles. The van der Waals surface area contributed by atoms with Crippen molar-refractivity contribution >= 4 is 20.0 Å². The Morgan fingerprint density at radius 3 is 1.74 bits per heavy atom. The molecule has 0 spiro atoms. The predicted molar refractivity (Wildman–Crippen MR) is 89.2 cm³/mol. The highest BCUT2D eigenvalue weighted by atomic mass is 32.3. The third-order valence-electron chi connectivity index (χ3n) is 3.58. The molecule has 0 aliphatic rings. The van der Waals surface area contributed by atoms with E-state index in [2.05, 4.69) is 0 Å². The zero-order valence-electron chi connectivity index (χ0n) is 13.4. The summed E-state index contributed by atoms with van der Waals surface area (Å²) in [7, 11) is -7.25. The molecule has 5 nitrogen and oxygen atoms in total. The van der Waals surface area contributed by atoms with Gasteiger partial charge in [0.2, 0.25) is 0 Å². The molecule has 0 saturated heterocycles. The van der Waals surface area contributed by atoms with Gasteiger partial charge < -0.3 is 0 Å². The zero-order valence-corrected chi connectivity index (χ0v) is 15.1. The summed E-state index contributed by atoms with van der Waals surface area (Å²) in [6.07, 6.45) is 0. The van der Waals surface area contributed by atoms with Gasteiger partial charge in [-0.3, -0.25) is 0 Å². The van der Waals surface area contributed by atoms with E-state index in [4.69, 9.17) is 0 Å². The largest absolute Gasteiger partial charge is 0.256 e. The maximum absolute atomic E-state index is 12.9. The Morgan fingerprint density at radius 2 is 1.26 bits per heavy atom. The van der Waals surface area contributed by atoms with Gasteiger partial charge in [-0.25, -0.2) is 16.8 Å². The molecule has 0 atom stereocenters. The third-order valence-corrected chi connectivity index (χ3v) is 8.14. The van der Waals surface area contributed by atoms with E-state index in [0.29, 0.717) is 14.8 Å². The molecule has 0 N–H and O–H groups in total. The molecule has 0 radical (unpaired) electrons. The van der Waals surface area contributed by atoms with Crippen LogP contribution in [0.5, 0.6) is 0 Å². The molecule has 0 aliphatic carbocycles. The van der Waals surface area contributed by atoms with Crippen LogP contribution in [-0.4, -0.2) is 27.6 Å². The normalized spacial score (nSPS) is 12.6. The van der Waals surface area contributed by atoms with Crippen LogP contribution in [0.1, 0.15) is 16.7 Å². The fraction of sp³-hybridized carbons (Fsp3) is 0.250. The molecule has 0 amide bonds. The standard InChI is InChI=1S/C16H19NO4S2/c1-12-10-13(2)16(14(3)11-12)23(20,21)17(4)22(18,19)15-8-6-5-7-9-15/h5-11H,1-4H3. The van der Waals surface area contributed by atoms with Crippen LogP contribution in [0.3, 0.4) is 0 Å². The van der Waals surface area contributed by atoms with E-state index in [1.807, 2.05) is 6.92 Å². The van der Waals surface area contributed by atoms with Gasteiger partial charge in [-0.1, -0.05) is 39.6 Å². The van der Waals surface area contributed by atoms with Crippen molar-refractivity contribution < 1.29 is 16.8 Å². The molecule has 2 rings (SSSR count). The van der Waals surface area contributed by atoms with Crippen LogP contribution in [0.15, 0.2) is 52.3 Å². The second-order valence-corrected chi connectivity index (χ2v) is 9.54. The minimum absolute atomic E-state index is 0.0325. The quantitative estimate of drug-likeness (QED) is 0.847. The van der Waals surface area contributed by atoms with Crippen molar-refractivity contribution in [2.24, 2.45) is 0 Å². The molecule has 0 fully saturated rings. The number of nitrogens with zero attached hydrogens (tertiary/aromatic N) is 1. The summed E-state index contributed by atoms with van der Waals surface area (Å²) < 4.78 is 51.3. The Kier molecular flexibility index (Phi) is 4.66. The van der Waals surface area contributed by atoms with Crippen molar-refractivity contribution in [2.45, 2.75) is 30.6 Å². The van der Waals surface area contributed by atoms with E-state index in [0.717, 1.165) is 12.6 Å². The molecular formula is C16H19NO4S2. The average molecular weight is 353 g/mol. The average Bonchev–Trinajstić information content (AvgIpc) is 2.45. The van der Waals surface area contributed by atoms with Crippen LogP contribution in [0.2, 0.25) is 0 Å². The third kappa shape index (κ3) is 3.17. The van der Waals surface area contributed by atoms with Gasteiger partial charge in [0.15, 0.2) is 0 Å². The monoisotopic (exact) mass is 353 g/mol. The minimum atomic E-state index is -4.18. The number of sulfonamides is 2. The first kappa shape index (κ1) is 17.7. The highest BCUT2D eigenvalue weighted by Crippen LogP contribution is 2.28. The predicted octanol–water partition coefficient (Wildman–Crippen LogP) is 2.62. The van der Waals surface area contributed by atoms with Crippen LogP contribution in [0.4, 0.5) is 0 Å². The van der Waals surface area contributed by atoms with Gasteiger partial charge in [-0.2, -0.15) is 0 Å². The molecule has 0 aromatic heterocycles. The van der Waals surface area contributed by atoms with Crippen molar-refractivity contribution in [3.63, 3.8) is 0 Å². The summed E-state index contributed by atoms with van der Waals surface area (Å²) in [5, 5.41) is 0. The number of aryl methyl sites for hydroxylation is 3. The minimum Gasteiger partial charge on any atom is -0.206 e. The lowest BCUT2D eigenvalue weighted by molar-refractivity contribution is 0.525. The lowest BCUT2D eigenvalue weighted by atomic mass is 10.1. The van der Waals surface area contributed by atoms with E-state index in [1.165, 1.54) is 12.1 Å². The van der Waals surface area contributed by atoms with E-state index >= 15 is 0 Å². The van der Waals surface area contributed by atoms with Crippen LogP contribution < -0.4 is 0 Å². The Hall–Kier alpha value is -1.70. The Morgan fingerprint density at radius 1 is 0.783 bits per heavy atom. The lowest BCUT2D eigenvalue weighted by Gasteiger charge is -2.20. The van der Waals surface area contributed by atoms with Crippen LogP contribution in [0, 0.1) is 20.8 Å². The second kappa shape index (κ2) is 6.07. The fourth-order valence-electron chi connectivity index (χ4n) is 2.57. The second-order valence-electron chi connectivity index (χ2n) is 5.43. The molecule has 2 aromatic carbocycles. The first-order valence-electron chi connectivity index (χ1n) is 6.95. The van der Waals surface area contributed by atoms with Gasteiger partial charge in [0.25, 0.3) is 20.0 Å². The molecule has 0 unspecified atom stereocenters. The highest BCUT2D eigenvalue weighted by molar-refractivity contribution is 8.04. The highest BCUT2D eigenvalue weighted by Gasteiger charge is 2.34. The first-order valence-corrected chi connectivity index (χ1v) is 9.83. The number of hydrogen-bond acceptors (Lipinski definition) is 4. The topological polar surface area (TPSA) is 71.5 Å². The van der Waals surface area contributed by atoms with Crippen LogP contribution in [-0.2, 0) is 20.0 Å². The Bertz CT molecular complexity index is 910. The first-order chi connectivity index (χ1) is 10.6. The summed E-state index contributed by atoms with van der Waals surface area (Å²) in [5.41, 5.74) is 1.97. The summed E-state index contributed by atoms with van der Waals surface area (Å²) in [5.74, 6) is 0. The maximum Gasteiger partial charge on any atom is 0.256 e. The Balaban J connectivity index is 2.61. The number of rotatable bonds is 4. The van der Waals surface area contributed by atoms with E-state index in [1.54, 1.807) is 44.2 Å². The molecule has 124 valence electrons. The van der Waals surface area contributed by atoms with E-state index < -0.39 is 20.0 Å². The summed E-state index contributed by atoms with van der Waals surface area (Å²) in [4.78, 5) is -0.0291. The van der Waals surface area contributed by atoms with Gasteiger partial charge in [0.1, 0.15) is 0 Å². The van der Waals surface area contributed by atoms with E-state index in [-0.39, 0.29) is 9.79 Å². The van der Waals surface area contributed by atoms with Crippen molar-refractivity contribution in [1.82, 2.24) is 3.71 Å². The summed E-state index contributed by atoms with van der Waals surface area (Å²) in [6.45, 7) is 5.19. The lowest BCUT2D eigenvalue weighted by Crippen LogP contribution is -2.34. The molecular weight excluding hydrogens is 334 g/mol. The zero-order chi connectivity index (χ0) is 17.4. The van der Waals surface area contributed by atoms with Gasteiger partial charge in [-0.15, -0.1) is 0 Å². The van der Waals surface area contributed by atoms with E-state index in [9.17, 15) is 16.8 Å². The fourth-order valence-corrected chi connectivity index (χ4v) is 6.07. The number of hydrogen-bond donors (Lipinski definition) is 0. The van der Waals surface area contributed by atoms with Crippen molar-refractivity contribution in [3.05, 3.63) is 59.2 Å². The summed E-state index contributed by atoms with van der Waals surface area (Å²) in [6, 6.07) is 11.0. The summed E-state index contributed by atoms with van der Waals surface area (Å²) >= 11 is 0. The molecule has 23 heavy (non-hydrogen) atoms. The molecule has 0 saturated carbocycles. The van der Waals surface area contributed by atoms with Crippen molar-refractivity contribution in [3.8, 4) is 0 Å². The van der Waals surface area contributed by atoms with Gasteiger partial charge in [0.05, 0.1) is 9.79 Å². The van der Waals surface area contributed by atoms with Crippen LogP contribution in [0.25, 0.3) is 0 Å². The molecule has 0 heterocycles.